The number of anilines is 3. The number of benzene rings is 2. The third-order valence-corrected chi connectivity index (χ3v) is 4.44. The number of aromatic nitrogens is 2. The predicted molar refractivity (Wildman–Crippen MR) is 94.3 cm³/mol. The Hall–Kier alpha value is -3.67. The molecule has 26 heavy (non-hydrogen) atoms. The molecule has 4 rings (SSSR count). The molecule has 0 spiro atoms. The summed E-state index contributed by atoms with van der Waals surface area (Å²) in [5.41, 5.74) is 2.27. The molecule has 0 bridgehead atoms. The number of fused-ring (bicyclic) bond motifs is 1. The SMILES string of the molecule is N#Cc1ccccc1Nc1cc(N2CCCC2)c([N+](=O)[O-])c2nonc12. The van der Waals surface area contributed by atoms with E-state index in [9.17, 15) is 15.4 Å². The molecule has 0 atom stereocenters. The quantitative estimate of drug-likeness (QED) is 0.561. The van der Waals surface area contributed by atoms with Gasteiger partial charge in [-0.3, -0.25) is 10.1 Å². The third kappa shape index (κ3) is 2.57. The van der Waals surface area contributed by atoms with Gasteiger partial charge in [0.25, 0.3) is 0 Å². The summed E-state index contributed by atoms with van der Waals surface area (Å²) in [7, 11) is 0. The Kier molecular flexibility index (Phi) is 3.85. The molecule has 0 saturated carbocycles. The molecule has 1 saturated heterocycles. The van der Waals surface area contributed by atoms with Crippen LogP contribution in [0.2, 0.25) is 0 Å². The molecule has 1 fully saturated rings. The van der Waals surface area contributed by atoms with Crippen molar-refractivity contribution in [2.45, 2.75) is 12.8 Å². The summed E-state index contributed by atoms with van der Waals surface area (Å²) in [6, 6.07) is 10.8. The van der Waals surface area contributed by atoms with Crippen LogP contribution in [-0.2, 0) is 0 Å². The Labute approximate surface area is 147 Å². The van der Waals surface area contributed by atoms with Gasteiger partial charge in [0.15, 0.2) is 5.52 Å². The van der Waals surface area contributed by atoms with E-state index >= 15 is 0 Å². The molecular weight excluding hydrogens is 336 g/mol. The van der Waals surface area contributed by atoms with E-state index in [0.29, 0.717) is 22.6 Å². The van der Waals surface area contributed by atoms with Gasteiger partial charge >= 0.3 is 5.69 Å². The second-order valence-corrected chi connectivity index (χ2v) is 5.99. The van der Waals surface area contributed by atoms with Crippen LogP contribution in [0.1, 0.15) is 18.4 Å². The second kappa shape index (κ2) is 6.33. The molecule has 9 nitrogen and oxygen atoms in total. The monoisotopic (exact) mass is 350 g/mol. The number of hydrogen-bond donors (Lipinski definition) is 1. The van der Waals surface area contributed by atoms with Crippen LogP contribution in [-0.4, -0.2) is 28.3 Å². The first-order valence-corrected chi connectivity index (χ1v) is 8.14. The van der Waals surface area contributed by atoms with Crippen molar-refractivity contribution in [3.8, 4) is 6.07 Å². The van der Waals surface area contributed by atoms with Gasteiger partial charge in [0, 0.05) is 13.1 Å². The maximum Gasteiger partial charge on any atom is 0.323 e. The van der Waals surface area contributed by atoms with Gasteiger partial charge in [-0.15, -0.1) is 0 Å². The number of rotatable bonds is 4. The summed E-state index contributed by atoms with van der Waals surface area (Å²) in [5.74, 6) is 0. The molecule has 0 amide bonds. The van der Waals surface area contributed by atoms with E-state index in [1.807, 2.05) is 4.90 Å². The Balaban J connectivity index is 1.90. The standard InChI is InChI=1S/C17H14N6O3/c18-10-11-5-1-2-6-12(11)19-13-9-14(22-7-3-4-8-22)17(23(24)25)16-15(13)20-26-21-16/h1-2,5-6,9,19H,3-4,7-8H2. The van der Waals surface area contributed by atoms with Crippen molar-refractivity contribution >= 4 is 33.8 Å². The average molecular weight is 350 g/mol. The zero-order valence-electron chi connectivity index (χ0n) is 13.7. The number of para-hydroxylation sites is 1. The smallest absolute Gasteiger partial charge is 0.323 e. The highest BCUT2D eigenvalue weighted by Crippen LogP contribution is 2.41. The number of nitro benzene ring substituents is 1. The fourth-order valence-electron chi connectivity index (χ4n) is 3.22. The molecule has 0 radical (unpaired) electrons. The van der Waals surface area contributed by atoms with Crippen LogP contribution >= 0.6 is 0 Å². The second-order valence-electron chi connectivity index (χ2n) is 5.99. The van der Waals surface area contributed by atoms with Crippen LogP contribution in [0.15, 0.2) is 35.0 Å². The lowest BCUT2D eigenvalue weighted by molar-refractivity contribution is -0.382. The molecule has 130 valence electrons. The maximum atomic E-state index is 11.7. The molecule has 0 aliphatic carbocycles. The minimum absolute atomic E-state index is 0.0938. The topological polar surface area (TPSA) is 121 Å². The van der Waals surface area contributed by atoms with Crippen molar-refractivity contribution < 1.29 is 9.55 Å². The first kappa shape index (κ1) is 15.8. The summed E-state index contributed by atoms with van der Waals surface area (Å²) >= 11 is 0. The molecule has 2 aromatic carbocycles. The van der Waals surface area contributed by atoms with E-state index in [2.05, 4.69) is 21.7 Å². The van der Waals surface area contributed by atoms with Crippen LogP contribution in [0, 0.1) is 21.4 Å². The van der Waals surface area contributed by atoms with E-state index in [1.54, 1.807) is 30.3 Å². The summed E-state index contributed by atoms with van der Waals surface area (Å²) in [6.45, 7) is 1.48. The molecule has 1 aliphatic rings. The number of hydrogen-bond acceptors (Lipinski definition) is 8. The molecular formula is C17H14N6O3. The Morgan fingerprint density at radius 1 is 1.19 bits per heavy atom. The van der Waals surface area contributed by atoms with Crippen LogP contribution in [0.5, 0.6) is 0 Å². The van der Waals surface area contributed by atoms with Crippen molar-refractivity contribution in [2.75, 3.05) is 23.3 Å². The number of nitro groups is 1. The van der Waals surface area contributed by atoms with Crippen LogP contribution < -0.4 is 10.2 Å². The maximum absolute atomic E-state index is 11.7. The van der Waals surface area contributed by atoms with E-state index in [4.69, 9.17) is 4.63 Å². The highest BCUT2D eigenvalue weighted by atomic mass is 16.6. The van der Waals surface area contributed by atoms with Crippen molar-refractivity contribution in [1.82, 2.24) is 10.3 Å². The zero-order valence-corrected chi connectivity index (χ0v) is 13.7. The van der Waals surface area contributed by atoms with Gasteiger partial charge in [-0.25, -0.2) is 4.63 Å². The normalized spacial score (nSPS) is 13.7. The summed E-state index contributed by atoms with van der Waals surface area (Å²) in [6.07, 6.45) is 1.96. The number of nitrogens with zero attached hydrogens (tertiary/aromatic N) is 5. The Morgan fingerprint density at radius 3 is 2.65 bits per heavy atom. The van der Waals surface area contributed by atoms with E-state index < -0.39 is 4.92 Å². The Bertz CT molecular complexity index is 1030. The van der Waals surface area contributed by atoms with Gasteiger partial charge in [-0.05, 0) is 41.4 Å². The largest absolute Gasteiger partial charge is 0.366 e. The third-order valence-electron chi connectivity index (χ3n) is 4.44. The van der Waals surface area contributed by atoms with Gasteiger partial charge in [0.1, 0.15) is 11.8 Å². The van der Waals surface area contributed by atoms with Crippen molar-refractivity contribution in [2.24, 2.45) is 0 Å². The van der Waals surface area contributed by atoms with Crippen molar-refractivity contribution in [1.29, 1.82) is 5.26 Å². The van der Waals surface area contributed by atoms with Crippen LogP contribution in [0.3, 0.4) is 0 Å². The zero-order chi connectivity index (χ0) is 18.1. The Morgan fingerprint density at radius 2 is 1.92 bits per heavy atom. The first-order chi connectivity index (χ1) is 12.7. The number of nitriles is 1. The van der Waals surface area contributed by atoms with E-state index in [-0.39, 0.29) is 16.7 Å². The van der Waals surface area contributed by atoms with Gasteiger partial charge < -0.3 is 10.2 Å². The average Bonchev–Trinajstić information content (AvgIpc) is 3.33. The van der Waals surface area contributed by atoms with Crippen LogP contribution in [0.25, 0.3) is 11.0 Å². The van der Waals surface area contributed by atoms with E-state index in [1.165, 1.54) is 0 Å². The fourth-order valence-corrected chi connectivity index (χ4v) is 3.22. The highest BCUT2D eigenvalue weighted by Gasteiger charge is 2.30. The highest BCUT2D eigenvalue weighted by molar-refractivity contribution is 6.01. The van der Waals surface area contributed by atoms with Crippen molar-refractivity contribution in [3.63, 3.8) is 0 Å². The minimum Gasteiger partial charge on any atom is -0.366 e. The van der Waals surface area contributed by atoms with Gasteiger partial charge in [-0.2, -0.15) is 5.26 Å². The van der Waals surface area contributed by atoms with Gasteiger partial charge in [0.05, 0.1) is 21.9 Å². The minimum atomic E-state index is -0.451. The lowest BCUT2D eigenvalue weighted by Crippen LogP contribution is -2.19. The lowest BCUT2D eigenvalue weighted by Gasteiger charge is -2.19. The molecule has 1 aliphatic heterocycles. The van der Waals surface area contributed by atoms with E-state index in [0.717, 1.165) is 25.9 Å². The summed E-state index contributed by atoms with van der Waals surface area (Å²) in [4.78, 5) is 13.2. The molecule has 3 aromatic rings. The molecule has 2 heterocycles. The van der Waals surface area contributed by atoms with Gasteiger partial charge in [-0.1, -0.05) is 12.1 Å². The lowest BCUT2D eigenvalue weighted by atomic mass is 10.1. The first-order valence-electron chi connectivity index (χ1n) is 8.14. The fraction of sp³-hybridized carbons (Fsp3) is 0.235. The summed E-state index contributed by atoms with van der Waals surface area (Å²) < 4.78 is 4.78. The van der Waals surface area contributed by atoms with Crippen molar-refractivity contribution in [3.05, 3.63) is 46.0 Å². The molecule has 1 aromatic heterocycles. The molecule has 9 heteroatoms. The van der Waals surface area contributed by atoms with Crippen LogP contribution in [0.4, 0.5) is 22.7 Å². The summed E-state index contributed by atoms with van der Waals surface area (Å²) in [5, 5.41) is 31.7. The predicted octanol–water partition coefficient (Wildman–Crippen LogP) is 3.35. The van der Waals surface area contributed by atoms with Gasteiger partial charge in [0.2, 0.25) is 5.52 Å². The molecule has 0 unspecified atom stereocenters. The molecule has 1 N–H and O–H groups in total. The number of nitrogens with one attached hydrogen (secondary N) is 1.